The topological polar surface area (TPSA) is 87.7 Å². The van der Waals surface area contributed by atoms with Crippen LogP contribution in [0.1, 0.15) is 5.69 Å². The van der Waals surface area contributed by atoms with Crippen molar-refractivity contribution in [3.8, 4) is 0 Å². The van der Waals surface area contributed by atoms with Gasteiger partial charge >= 0.3 is 0 Å². The minimum absolute atomic E-state index is 0.200. The minimum atomic E-state index is -3.20. The largest absolute Gasteiger partial charge is 0.339 e. The molecule has 0 aliphatic heterocycles. The molecule has 2 N–H and O–H groups in total. The molecule has 0 spiro atoms. The highest BCUT2D eigenvalue weighted by atomic mass is 32.2. The van der Waals surface area contributed by atoms with Crippen LogP contribution < -0.4 is 4.72 Å². The highest BCUT2D eigenvalue weighted by Gasteiger charge is 2.11. The molecule has 17 heavy (non-hydrogen) atoms. The molecule has 6 nitrogen and oxygen atoms in total. The van der Waals surface area contributed by atoms with Gasteiger partial charge in [0.15, 0.2) is 5.16 Å². The first kappa shape index (κ1) is 12.6. The maximum Gasteiger partial charge on any atom is 0.209 e. The molecule has 2 heterocycles. The first-order valence-electron chi connectivity index (χ1n) is 4.59. The van der Waals surface area contributed by atoms with Gasteiger partial charge in [-0.2, -0.15) is 0 Å². The van der Waals surface area contributed by atoms with Gasteiger partial charge in [0.25, 0.3) is 0 Å². The molecule has 2 aromatic heterocycles. The van der Waals surface area contributed by atoms with Gasteiger partial charge in [0.1, 0.15) is 0 Å². The van der Waals surface area contributed by atoms with E-state index < -0.39 is 10.0 Å². The highest BCUT2D eigenvalue weighted by molar-refractivity contribution is 8.01. The SMILES string of the molecule is CS(=O)(=O)NCc1ncsc1Sc1ncc[nH]1. The van der Waals surface area contributed by atoms with Gasteiger partial charge in [0, 0.05) is 12.4 Å². The summed E-state index contributed by atoms with van der Waals surface area (Å²) >= 11 is 2.89. The molecular weight excluding hydrogens is 280 g/mol. The van der Waals surface area contributed by atoms with Crippen LogP contribution in [0.4, 0.5) is 0 Å². The Balaban J connectivity index is 2.07. The van der Waals surface area contributed by atoms with Crippen LogP contribution in [0.3, 0.4) is 0 Å². The Morgan fingerprint density at radius 2 is 2.35 bits per heavy atom. The van der Waals surface area contributed by atoms with Crippen molar-refractivity contribution >= 4 is 33.1 Å². The molecule has 0 atom stereocenters. The molecule has 92 valence electrons. The Labute approximate surface area is 107 Å². The van der Waals surface area contributed by atoms with Gasteiger partial charge in [-0.25, -0.2) is 23.1 Å². The van der Waals surface area contributed by atoms with Gasteiger partial charge in [-0.1, -0.05) is 0 Å². The second-order valence-electron chi connectivity index (χ2n) is 3.18. The van der Waals surface area contributed by atoms with E-state index in [4.69, 9.17) is 0 Å². The zero-order chi connectivity index (χ0) is 12.3. The third-order valence-corrected chi connectivity index (χ3v) is 4.47. The number of sulfonamides is 1. The van der Waals surface area contributed by atoms with Crippen LogP contribution in [0.2, 0.25) is 0 Å². The number of hydrogen-bond donors (Lipinski definition) is 2. The number of rotatable bonds is 5. The summed E-state index contributed by atoms with van der Waals surface area (Å²) in [6.45, 7) is 0.200. The van der Waals surface area contributed by atoms with Crippen LogP contribution >= 0.6 is 23.1 Å². The molecule has 2 aromatic rings. The van der Waals surface area contributed by atoms with Gasteiger partial charge in [0.05, 0.1) is 28.2 Å². The molecule has 0 amide bonds. The number of aromatic nitrogens is 3. The fourth-order valence-corrected chi connectivity index (χ4v) is 3.21. The monoisotopic (exact) mass is 290 g/mol. The minimum Gasteiger partial charge on any atom is -0.339 e. The molecule has 0 aromatic carbocycles. The summed E-state index contributed by atoms with van der Waals surface area (Å²) in [4.78, 5) is 11.2. The van der Waals surface area contributed by atoms with E-state index in [0.29, 0.717) is 5.69 Å². The summed E-state index contributed by atoms with van der Waals surface area (Å²) in [6, 6.07) is 0. The maximum absolute atomic E-state index is 11.0. The predicted octanol–water partition coefficient (Wildman–Crippen LogP) is 1.07. The fourth-order valence-electron chi connectivity index (χ4n) is 1.05. The number of hydrogen-bond acceptors (Lipinski definition) is 6. The van der Waals surface area contributed by atoms with Gasteiger partial charge in [-0.3, -0.25) is 0 Å². The van der Waals surface area contributed by atoms with Crippen molar-refractivity contribution in [3.05, 3.63) is 23.6 Å². The normalized spacial score (nSPS) is 11.8. The molecule has 0 fully saturated rings. The summed E-state index contributed by atoms with van der Waals surface area (Å²) in [5.41, 5.74) is 2.40. The zero-order valence-corrected chi connectivity index (χ0v) is 11.3. The van der Waals surface area contributed by atoms with Crippen molar-refractivity contribution in [2.24, 2.45) is 0 Å². The summed E-state index contributed by atoms with van der Waals surface area (Å²) in [5, 5.41) is 0.759. The van der Waals surface area contributed by atoms with Crippen LogP contribution in [0.5, 0.6) is 0 Å². The fraction of sp³-hybridized carbons (Fsp3) is 0.250. The lowest BCUT2D eigenvalue weighted by atomic mass is 10.5. The molecule has 0 unspecified atom stereocenters. The van der Waals surface area contributed by atoms with Crippen molar-refractivity contribution < 1.29 is 8.42 Å². The Morgan fingerprint density at radius 3 is 3.00 bits per heavy atom. The molecule has 9 heteroatoms. The van der Waals surface area contributed by atoms with Gasteiger partial charge in [-0.15, -0.1) is 11.3 Å². The number of imidazole rings is 1. The lowest BCUT2D eigenvalue weighted by molar-refractivity contribution is 0.586. The zero-order valence-electron chi connectivity index (χ0n) is 8.87. The summed E-state index contributed by atoms with van der Waals surface area (Å²) in [7, 11) is -3.20. The van der Waals surface area contributed by atoms with Gasteiger partial charge < -0.3 is 4.98 Å². The summed E-state index contributed by atoms with van der Waals surface area (Å²) < 4.78 is 25.3. The Morgan fingerprint density at radius 1 is 1.53 bits per heavy atom. The number of aromatic amines is 1. The van der Waals surface area contributed by atoms with Crippen molar-refractivity contribution in [1.82, 2.24) is 19.7 Å². The third-order valence-electron chi connectivity index (χ3n) is 1.77. The maximum atomic E-state index is 11.0. The molecule has 0 bridgehead atoms. The van der Waals surface area contributed by atoms with Gasteiger partial charge in [-0.05, 0) is 11.8 Å². The summed E-state index contributed by atoms with van der Waals surface area (Å²) in [5.74, 6) is 0. The van der Waals surface area contributed by atoms with Crippen molar-refractivity contribution in [3.63, 3.8) is 0 Å². The molecule has 0 saturated carbocycles. The van der Waals surface area contributed by atoms with Crippen LogP contribution in [0.25, 0.3) is 0 Å². The van der Waals surface area contributed by atoms with E-state index in [2.05, 4.69) is 19.7 Å². The second kappa shape index (κ2) is 5.17. The molecule has 0 saturated heterocycles. The number of thiazole rings is 1. The van der Waals surface area contributed by atoms with Gasteiger partial charge in [0.2, 0.25) is 10.0 Å². The van der Waals surface area contributed by atoms with E-state index in [1.807, 2.05) is 0 Å². The third kappa shape index (κ3) is 3.80. The molecule has 2 rings (SSSR count). The van der Waals surface area contributed by atoms with Crippen LogP contribution in [-0.2, 0) is 16.6 Å². The number of nitrogens with one attached hydrogen (secondary N) is 2. The predicted molar refractivity (Wildman–Crippen MR) is 66.5 cm³/mol. The van der Waals surface area contributed by atoms with E-state index in [-0.39, 0.29) is 6.54 Å². The van der Waals surface area contributed by atoms with E-state index in [9.17, 15) is 8.42 Å². The first-order valence-corrected chi connectivity index (χ1v) is 8.17. The molecule has 0 radical (unpaired) electrons. The second-order valence-corrected chi connectivity index (χ2v) is 7.12. The Kier molecular flexibility index (Phi) is 3.82. The number of H-pyrrole nitrogens is 1. The smallest absolute Gasteiger partial charge is 0.209 e. The van der Waals surface area contributed by atoms with Crippen LogP contribution in [-0.4, -0.2) is 29.6 Å². The van der Waals surface area contributed by atoms with E-state index in [1.165, 1.54) is 23.1 Å². The average molecular weight is 290 g/mol. The first-order chi connectivity index (χ1) is 8.04. The van der Waals surface area contributed by atoms with Crippen molar-refractivity contribution in [2.75, 3.05) is 6.26 Å². The lowest BCUT2D eigenvalue weighted by Crippen LogP contribution is -2.21. The van der Waals surface area contributed by atoms with E-state index in [1.54, 1.807) is 17.9 Å². The quantitative estimate of drug-likeness (QED) is 0.860. The van der Waals surface area contributed by atoms with Crippen LogP contribution in [0.15, 0.2) is 27.3 Å². The Bertz CT molecular complexity index is 576. The van der Waals surface area contributed by atoms with Crippen molar-refractivity contribution in [1.29, 1.82) is 0 Å². The average Bonchev–Trinajstić information content (AvgIpc) is 2.86. The molecule has 0 aliphatic carbocycles. The Hall–Kier alpha value is -0.900. The molecule has 0 aliphatic rings. The van der Waals surface area contributed by atoms with Crippen LogP contribution in [0, 0.1) is 0 Å². The summed E-state index contributed by atoms with van der Waals surface area (Å²) in [6.07, 6.45) is 4.52. The number of nitrogens with zero attached hydrogens (tertiary/aromatic N) is 2. The standard InChI is InChI=1S/C8H10N4O2S3/c1-17(13,14)12-4-6-7(15-5-11-6)16-8-9-2-3-10-8/h2-3,5,12H,4H2,1H3,(H,9,10). The highest BCUT2D eigenvalue weighted by Crippen LogP contribution is 2.31. The molecular formula is C8H10N4O2S3. The van der Waals surface area contributed by atoms with E-state index in [0.717, 1.165) is 15.6 Å². The lowest BCUT2D eigenvalue weighted by Gasteiger charge is -2.01. The van der Waals surface area contributed by atoms with Crippen molar-refractivity contribution in [2.45, 2.75) is 15.9 Å². The van der Waals surface area contributed by atoms with E-state index >= 15 is 0 Å².